The number of guanidine groups is 1. The summed E-state index contributed by atoms with van der Waals surface area (Å²) in [7, 11) is 5.92. The third-order valence-electron chi connectivity index (χ3n) is 4.80. The summed E-state index contributed by atoms with van der Waals surface area (Å²) in [5.41, 5.74) is 1.18. The number of benzene rings is 1. The Morgan fingerprint density at radius 3 is 2.73 bits per heavy atom. The van der Waals surface area contributed by atoms with Crippen molar-refractivity contribution in [3.05, 3.63) is 29.8 Å². The third kappa shape index (κ3) is 5.81. The van der Waals surface area contributed by atoms with E-state index < -0.39 is 0 Å². The van der Waals surface area contributed by atoms with Crippen LogP contribution in [0.4, 0.5) is 0 Å². The van der Waals surface area contributed by atoms with Crippen molar-refractivity contribution >= 4 is 17.7 Å². The minimum Gasteiger partial charge on any atom is -0.496 e. The highest BCUT2D eigenvalue weighted by atomic mass is 32.2. The maximum atomic E-state index is 5.56. The number of nitrogens with one attached hydrogen (secondary N) is 2. The number of thioether (sulfide) groups is 1. The second-order valence-corrected chi connectivity index (χ2v) is 8.88. The monoisotopic (exact) mass is 378 g/mol. The summed E-state index contributed by atoms with van der Waals surface area (Å²) in [6.07, 6.45) is 2.55. The summed E-state index contributed by atoms with van der Waals surface area (Å²) in [5.74, 6) is 3.07. The lowest BCUT2D eigenvalue weighted by Gasteiger charge is -2.27. The highest BCUT2D eigenvalue weighted by Crippen LogP contribution is 2.37. The summed E-state index contributed by atoms with van der Waals surface area (Å²) in [4.78, 5) is 7.07. The number of likely N-dealkylation sites (N-methyl/N-ethyl adjacent to an activating group) is 1. The van der Waals surface area contributed by atoms with Crippen LogP contribution in [0.5, 0.6) is 5.75 Å². The number of ether oxygens (including phenoxy) is 1. The van der Waals surface area contributed by atoms with E-state index in [1.54, 1.807) is 7.11 Å². The fourth-order valence-corrected chi connectivity index (χ4v) is 4.48. The molecule has 1 aromatic carbocycles. The number of rotatable bonds is 8. The molecule has 0 spiro atoms. The van der Waals surface area contributed by atoms with E-state index >= 15 is 0 Å². The molecule has 1 heterocycles. The number of nitrogens with zero attached hydrogens (tertiary/aromatic N) is 2. The molecule has 0 amide bonds. The van der Waals surface area contributed by atoms with Crippen molar-refractivity contribution in [3.63, 3.8) is 0 Å². The van der Waals surface area contributed by atoms with Gasteiger partial charge in [0.25, 0.3) is 0 Å². The van der Waals surface area contributed by atoms with Gasteiger partial charge in [-0.1, -0.05) is 18.2 Å². The van der Waals surface area contributed by atoms with E-state index in [2.05, 4.69) is 55.6 Å². The van der Waals surface area contributed by atoms with Crippen LogP contribution in [0.2, 0.25) is 0 Å². The smallest absolute Gasteiger partial charge is 0.191 e. The van der Waals surface area contributed by atoms with E-state index in [-0.39, 0.29) is 10.8 Å². The van der Waals surface area contributed by atoms with E-state index in [9.17, 15) is 0 Å². The molecule has 0 aliphatic carbocycles. The lowest BCUT2D eigenvalue weighted by Crippen LogP contribution is -2.42. The van der Waals surface area contributed by atoms with Crippen molar-refractivity contribution in [1.29, 1.82) is 0 Å². The molecule has 26 heavy (non-hydrogen) atoms. The van der Waals surface area contributed by atoms with Crippen LogP contribution in [0.3, 0.4) is 0 Å². The van der Waals surface area contributed by atoms with Crippen LogP contribution in [-0.4, -0.2) is 62.2 Å². The van der Waals surface area contributed by atoms with E-state index in [0.717, 1.165) is 31.3 Å². The van der Waals surface area contributed by atoms with Crippen LogP contribution >= 0.6 is 11.8 Å². The topological polar surface area (TPSA) is 48.9 Å². The van der Waals surface area contributed by atoms with Gasteiger partial charge in [0.15, 0.2) is 5.96 Å². The first-order valence-corrected chi connectivity index (χ1v) is 10.4. The van der Waals surface area contributed by atoms with E-state index in [4.69, 9.17) is 9.73 Å². The maximum absolute atomic E-state index is 5.56. The number of hydrogen-bond acceptors (Lipinski definition) is 4. The predicted molar refractivity (Wildman–Crippen MR) is 114 cm³/mol. The molecule has 5 nitrogen and oxygen atoms in total. The van der Waals surface area contributed by atoms with Crippen molar-refractivity contribution in [3.8, 4) is 5.75 Å². The van der Waals surface area contributed by atoms with Gasteiger partial charge in [0.05, 0.1) is 19.7 Å². The number of methoxy groups -OCH3 is 1. The molecule has 1 saturated heterocycles. The zero-order valence-electron chi connectivity index (χ0n) is 16.8. The van der Waals surface area contributed by atoms with Gasteiger partial charge in [-0.25, -0.2) is 0 Å². The van der Waals surface area contributed by atoms with Gasteiger partial charge >= 0.3 is 0 Å². The summed E-state index contributed by atoms with van der Waals surface area (Å²) in [6.45, 7) is 6.91. The van der Waals surface area contributed by atoms with Gasteiger partial charge in [-0.05, 0) is 52.6 Å². The van der Waals surface area contributed by atoms with Gasteiger partial charge in [0.2, 0.25) is 0 Å². The lowest BCUT2D eigenvalue weighted by molar-refractivity contribution is 0.287. The summed E-state index contributed by atoms with van der Waals surface area (Å²) < 4.78 is 5.84. The molecular weight excluding hydrogens is 344 g/mol. The van der Waals surface area contributed by atoms with Crippen LogP contribution in [0.25, 0.3) is 0 Å². The third-order valence-corrected chi connectivity index (χ3v) is 6.32. The molecule has 2 unspecified atom stereocenters. The number of para-hydroxylation sites is 1. The molecule has 0 aromatic heterocycles. The predicted octanol–water partition coefficient (Wildman–Crippen LogP) is 3.14. The zero-order chi connectivity index (χ0) is 19.0. The lowest BCUT2D eigenvalue weighted by atomic mass is 10.0. The summed E-state index contributed by atoms with van der Waals surface area (Å²) in [6, 6.07) is 8.42. The average Bonchev–Trinajstić information content (AvgIpc) is 3.06. The zero-order valence-corrected chi connectivity index (χ0v) is 17.7. The first-order valence-electron chi connectivity index (χ1n) is 9.44. The molecule has 1 aromatic rings. The highest BCUT2D eigenvalue weighted by molar-refractivity contribution is 8.00. The van der Waals surface area contributed by atoms with Gasteiger partial charge in [-0.15, -0.1) is 0 Å². The van der Waals surface area contributed by atoms with Crippen molar-refractivity contribution in [1.82, 2.24) is 15.5 Å². The van der Waals surface area contributed by atoms with Crippen LogP contribution in [0.1, 0.15) is 38.3 Å². The van der Waals surface area contributed by atoms with Crippen LogP contribution in [-0.2, 0) is 0 Å². The summed E-state index contributed by atoms with van der Waals surface area (Å²) >= 11 is 2.05. The Morgan fingerprint density at radius 1 is 1.35 bits per heavy atom. The second-order valence-electron chi connectivity index (χ2n) is 7.20. The van der Waals surface area contributed by atoms with Crippen LogP contribution in [0, 0.1) is 0 Å². The molecule has 0 bridgehead atoms. The normalized spacial score (nSPS) is 21.7. The maximum Gasteiger partial charge on any atom is 0.191 e. The molecule has 1 fully saturated rings. The molecule has 146 valence electrons. The molecule has 1 aliphatic heterocycles. The Balaban J connectivity index is 2.06. The fourth-order valence-electron chi connectivity index (χ4n) is 3.26. The first kappa shape index (κ1) is 20.9. The minimum absolute atomic E-state index is 0.200. The molecule has 2 atom stereocenters. The Labute approximate surface area is 163 Å². The second kappa shape index (κ2) is 10.1. The molecule has 2 N–H and O–H groups in total. The van der Waals surface area contributed by atoms with Crippen molar-refractivity contribution in [2.45, 2.75) is 37.5 Å². The number of aliphatic imine (C=N–C) groups is 1. The Morgan fingerprint density at radius 2 is 2.12 bits per heavy atom. The fraction of sp³-hybridized carbons (Fsp3) is 0.650. The van der Waals surface area contributed by atoms with Crippen LogP contribution < -0.4 is 15.4 Å². The van der Waals surface area contributed by atoms with Gasteiger partial charge in [-0.2, -0.15) is 11.8 Å². The van der Waals surface area contributed by atoms with E-state index in [1.807, 2.05) is 23.9 Å². The van der Waals surface area contributed by atoms with Gasteiger partial charge in [0, 0.05) is 23.4 Å². The highest BCUT2D eigenvalue weighted by Gasteiger charge is 2.29. The molecule has 1 aliphatic rings. The Bertz CT molecular complexity index is 585. The quantitative estimate of drug-likeness (QED) is 0.538. The van der Waals surface area contributed by atoms with Crippen LogP contribution in [0.15, 0.2) is 29.3 Å². The van der Waals surface area contributed by atoms with Gasteiger partial charge < -0.3 is 20.3 Å². The molecule has 0 radical (unpaired) electrons. The molecular formula is C20H34N4OS. The molecule has 6 heteroatoms. The Hall–Kier alpha value is -1.40. The molecule has 0 saturated carbocycles. The summed E-state index contributed by atoms with van der Waals surface area (Å²) in [5, 5.41) is 6.90. The van der Waals surface area contributed by atoms with Crippen molar-refractivity contribution in [2.24, 2.45) is 4.99 Å². The van der Waals surface area contributed by atoms with E-state index in [1.165, 1.54) is 24.2 Å². The SMILES string of the molecule is CCNC(=NCC1(C)CCCS1)NCC(c1ccccc1OC)N(C)C. The molecule has 2 rings (SSSR count). The van der Waals surface area contributed by atoms with Crippen molar-refractivity contribution in [2.75, 3.05) is 46.6 Å². The minimum atomic E-state index is 0.200. The largest absolute Gasteiger partial charge is 0.496 e. The van der Waals surface area contributed by atoms with Gasteiger partial charge in [-0.3, -0.25) is 4.99 Å². The first-order chi connectivity index (χ1) is 12.5. The Kier molecular flexibility index (Phi) is 8.10. The standard InChI is InChI=1S/C20H34N4OS/c1-6-21-19(23-15-20(2)12-9-13-26-20)22-14-17(24(3)4)16-10-7-8-11-18(16)25-5/h7-8,10-11,17H,6,9,12-15H2,1-5H3,(H2,21,22,23). The van der Waals surface area contributed by atoms with Gasteiger partial charge in [0.1, 0.15) is 5.75 Å². The average molecular weight is 379 g/mol. The number of hydrogen-bond donors (Lipinski definition) is 2. The van der Waals surface area contributed by atoms with Crippen molar-refractivity contribution < 1.29 is 4.74 Å². The van der Waals surface area contributed by atoms with E-state index in [0.29, 0.717) is 0 Å².